The first kappa shape index (κ1) is 21.0. The predicted octanol–water partition coefficient (Wildman–Crippen LogP) is 5.14. The summed E-state index contributed by atoms with van der Waals surface area (Å²) < 4.78 is 13.5. The van der Waals surface area contributed by atoms with E-state index >= 15 is 0 Å². The van der Waals surface area contributed by atoms with Gasteiger partial charge in [0.25, 0.3) is 5.56 Å². The number of aromatic nitrogens is 3. The number of hydrogen-bond donors (Lipinski definition) is 0. The Labute approximate surface area is 190 Å². The molecule has 1 fully saturated rings. The molecule has 0 aliphatic carbocycles. The van der Waals surface area contributed by atoms with Gasteiger partial charge in [0.15, 0.2) is 5.16 Å². The van der Waals surface area contributed by atoms with Crippen LogP contribution in [0.4, 0.5) is 0 Å². The maximum atomic E-state index is 13.3. The normalized spacial score (nSPS) is 16.1. The first-order valence-corrected chi connectivity index (χ1v) is 11.8. The molecule has 4 aromatic rings. The van der Waals surface area contributed by atoms with Crippen molar-refractivity contribution in [3.05, 3.63) is 75.9 Å². The molecule has 2 aromatic heterocycles. The molecule has 0 saturated carbocycles. The molecule has 7 heteroatoms. The predicted molar refractivity (Wildman–Crippen MR) is 126 cm³/mol. The van der Waals surface area contributed by atoms with Gasteiger partial charge in [0.2, 0.25) is 5.89 Å². The first-order valence-electron chi connectivity index (χ1n) is 10.9. The van der Waals surface area contributed by atoms with E-state index in [1.165, 1.54) is 11.8 Å². The average Bonchev–Trinajstić information content (AvgIpc) is 3.44. The SMILES string of the molecule is Cc1ccccc1-c1nc(CSc2nc3ccccc3c(=O)n2C[C@@H]2CCCO2)c(C)o1. The smallest absolute Gasteiger partial charge is 0.262 e. The summed E-state index contributed by atoms with van der Waals surface area (Å²) in [5.41, 5.74) is 3.66. The van der Waals surface area contributed by atoms with Crippen molar-refractivity contribution in [1.82, 2.24) is 14.5 Å². The highest BCUT2D eigenvalue weighted by Gasteiger charge is 2.21. The van der Waals surface area contributed by atoms with Crippen molar-refractivity contribution in [2.75, 3.05) is 6.61 Å². The summed E-state index contributed by atoms with van der Waals surface area (Å²) in [7, 11) is 0. The van der Waals surface area contributed by atoms with E-state index in [0.717, 1.165) is 42.0 Å². The van der Waals surface area contributed by atoms with Gasteiger partial charge in [-0.1, -0.05) is 42.1 Å². The summed E-state index contributed by atoms with van der Waals surface area (Å²) in [4.78, 5) is 22.8. The number of aryl methyl sites for hydroxylation is 2. The van der Waals surface area contributed by atoms with Gasteiger partial charge in [-0.05, 0) is 50.5 Å². The number of benzene rings is 2. The standard InChI is InChI=1S/C25H25N3O3S/c1-16-8-3-4-10-19(16)23-26-22(17(2)31-23)15-32-25-27-21-12-6-5-11-20(21)24(29)28(25)14-18-9-7-13-30-18/h3-6,8,10-12,18H,7,9,13-15H2,1-2H3/t18-/m0/s1. The molecule has 0 radical (unpaired) electrons. The van der Waals surface area contributed by atoms with E-state index in [9.17, 15) is 4.79 Å². The van der Waals surface area contributed by atoms with Gasteiger partial charge in [-0.25, -0.2) is 9.97 Å². The number of oxazole rings is 1. The van der Waals surface area contributed by atoms with Crippen molar-refractivity contribution in [2.45, 2.75) is 50.2 Å². The Balaban J connectivity index is 1.46. The third-order valence-electron chi connectivity index (χ3n) is 5.84. The second kappa shape index (κ2) is 8.92. The van der Waals surface area contributed by atoms with Crippen molar-refractivity contribution in [2.24, 2.45) is 0 Å². The Hall–Kier alpha value is -2.90. The zero-order valence-electron chi connectivity index (χ0n) is 18.2. The lowest BCUT2D eigenvalue weighted by atomic mass is 10.1. The van der Waals surface area contributed by atoms with Crippen molar-refractivity contribution >= 4 is 22.7 Å². The minimum absolute atomic E-state index is 0.0222. The number of thioether (sulfide) groups is 1. The Morgan fingerprint density at radius 3 is 2.72 bits per heavy atom. The van der Waals surface area contributed by atoms with Crippen molar-refractivity contribution in [3.63, 3.8) is 0 Å². The molecule has 5 rings (SSSR count). The van der Waals surface area contributed by atoms with E-state index in [0.29, 0.717) is 34.2 Å². The van der Waals surface area contributed by atoms with Crippen molar-refractivity contribution in [1.29, 1.82) is 0 Å². The van der Waals surface area contributed by atoms with Gasteiger partial charge in [0, 0.05) is 17.9 Å². The molecule has 0 amide bonds. The number of para-hydroxylation sites is 1. The van der Waals surface area contributed by atoms with Crippen LogP contribution < -0.4 is 5.56 Å². The molecular formula is C25H25N3O3S. The molecule has 0 bridgehead atoms. The molecule has 3 heterocycles. The molecule has 1 atom stereocenters. The highest BCUT2D eigenvalue weighted by Crippen LogP contribution is 2.29. The lowest BCUT2D eigenvalue weighted by Crippen LogP contribution is -2.28. The molecule has 1 aliphatic heterocycles. The van der Waals surface area contributed by atoms with Gasteiger partial charge in [0.05, 0.1) is 29.2 Å². The third kappa shape index (κ3) is 4.10. The molecule has 6 nitrogen and oxygen atoms in total. The second-order valence-corrected chi connectivity index (χ2v) is 9.03. The fourth-order valence-corrected chi connectivity index (χ4v) is 5.04. The van der Waals surface area contributed by atoms with Crippen LogP contribution in [-0.4, -0.2) is 27.2 Å². The topological polar surface area (TPSA) is 70.2 Å². The summed E-state index contributed by atoms with van der Waals surface area (Å²) in [5.74, 6) is 1.97. The number of nitrogens with zero attached hydrogens (tertiary/aromatic N) is 3. The minimum atomic E-state index is -0.0222. The number of hydrogen-bond acceptors (Lipinski definition) is 6. The minimum Gasteiger partial charge on any atom is -0.441 e. The molecular weight excluding hydrogens is 422 g/mol. The lowest BCUT2D eigenvalue weighted by Gasteiger charge is -2.16. The largest absolute Gasteiger partial charge is 0.441 e. The van der Waals surface area contributed by atoms with Crippen molar-refractivity contribution in [3.8, 4) is 11.5 Å². The van der Waals surface area contributed by atoms with Gasteiger partial charge in [-0.3, -0.25) is 9.36 Å². The van der Waals surface area contributed by atoms with E-state index in [1.807, 2.05) is 62.4 Å². The molecule has 1 aliphatic rings. The number of fused-ring (bicyclic) bond motifs is 1. The van der Waals surface area contributed by atoms with Crippen LogP contribution in [0.2, 0.25) is 0 Å². The van der Waals surface area contributed by atoms with Crippen molar-refractivity contribution < 1.29 is 9.15 Å². The van der Waals surface area contributed by atoms with E-state index in [1.54, 1.807) is 4.57 Å². The summed E-state index contributed by atoms with van der Waals surface area (Å²) in [6.07, 6.45) is 2.05. The molecule has 0 unspecified atom stereocenters. The van der Waals surface area contributed by atoms with E-state index < -0.39 is 0 Å². The Bertz CT molecular complexity index is 1320. The van der Waals surface area contributed by atoms with Crippen LogP contribution in [-0.2, 0) is 17.0 Å². The van der Waals surface area contributed by atoms with E-state index in [-0.39, 0.29) is 11.7 Å². The number of rotatable bonds is 6. The van der Waals surface area contributed by atoms with Crippen LogP contribution in [0, 0.1) is 13.8 Å². The summed E-state index contributed by atoms with van der Waals surface area (Å²) in [6.45, 7) is 5.25. The Morgan fingerprint density at radius 2 is 1.91 bits per heavy atom. The fourth-order valence-electron chi connectivity index (χ4n) is 4.03. The van der Waals surface area contributed by atoms with Gasteiger partial charge in [0.1, 0.15) is 5.76 Å². The van der Waals surface area contributed by atoms with Crippen LogP contribution in [0.15, 0.2) is 62.9 Å². The molecule has 164 valence electrons. The molecule has 0 spiro atoms. The summed E-state index contributed by atoms with van der Waals surface area (Å²) >= 11 is 1.51. The van der Waals surface area contributed by atoms with Crippen LogP contribution in [0.5, 0.6) is 0 Å². The van der Waals surface area contributed by atoms with Gasteiger partial charge in [-0.15, -0.1) is 0 Å². The highest BCUT2D eigenvalue weighted by atomic mass is 32.2. The van der Waals surface area contributed by atoms with Crippen LogP contribution in [0.25, 0.3) is 22.4 Å². The third-order valence-corrected chi connectivity index (χ3v) is 6.83. The maximum Gasteiger partial charge on any atom is 0.262 e. The summed E-state index contributed by atoms with van der Waals surface area (Å²) in [6, 6.07) is 15.6. The lowest BCUT2D eigenvalue weighted by molar-refractivity contribution is 0.0937. The van der Waals surface area contributed by atoms with Gasteiger partial charge >= 0.3 is 0 Å². The maximum absolute atomic E-state index is 13.3. The van der Waals surface area contributed by atoms with E-state index in [2.05, 4.69) is 0 Å². The monoisotopic (exact) mass is 447 g/mol. The molecule has 0 N–H and O–H groups in total. The quantitative estimate of drug-likeness (QED) is 0.301. The molecule has 32 heavy (non-hydrogen) atoms. The second-order valence-electron chi connectivity index (χ2n) is 8.09. The summed E-state index contributed by atoms with van der Waals surface area (Å²) in [5, 5.41) is 1.32. The van der Waals surface area contributed by atoms with Gasteiger partial charge < -0.3 is 9.15 Å². The van der Waals surface area contributed by atoms with Crippen LogP contribution in [0.1, 0.15) is 29.9 Å². The Kier molecular flexibility index (Phi) is 5.85. The fraction of sp³-hybridized carbons (Fsp3) is 0.320. The van der Waals surface area contributed by atoms with Crippen LogP contribution >= 0.6 is 11.8 Å². The zero-order valence-corrected chi connectivity index (χ0v) is 19.0. The molecule has 1 saturated heterocycles. The first-order chi connectivity index (χ1) is 15.6. The Morgan fingerprint density at radius 1 is 1.09 bits per heavy atom. The van der Waals surface area contributed by atoms with Gasteiger partial charge in [-0.2, -0.15) is 0 Å². The van der Waals surface area contributed by atoms with E-state index in [4.69, 9.17) is 19.1 Å². The highest BCUT2D eigenvalue weighted by molar-refractivity contribution is 7.98. The zero-order chi connectivity index (χ0) is 22.1. The number of ether oxygens (including phenoxy) is 1. The van der Waals surface area contributed by atoms with Crippen LogP contribution in [0.3, 0.4) is 0 Å². The average molecular weight is 448 g/mol. The molecule has 2 aromatic carbocycles.